The Balaban J connectivity index is 2.32. The minimum Gasteiger partial charge on any atom is -0.306 e. The van der Waals surface area contributed by atoms with Crippen molar-refractivity contribution < 1.29 is 22.8 Å². The number of rotatable bonds is 3. The smallest absolute Gasteiger partial charge is 0.306 e. The third-order valence-electron chi connectivity index (χ3n) is 1.50. The molecule has 0 aliphatic rings. The molecule has 0 aliphatic heterocycles. The van der Waals surface area contributed by atoms with Crippen LogP contribution in [0.4, 0.5) is 23.7 Å². The van der Waals surface area contributed by atoms with Gasteiger partial charge in [-0.05, 0) is 24.3 Å². The lowest BCUT2D eigenvalue weighted by Crippen LogP contribution is -2.32. The Morgan fingerprint density at radius 1 is 1.29 bits per heavy atom. The van der Waals surface area contributed by atoms with E-state index in [1.807, 2.05) is 0 Å². The molecule has 0 fully saturated rings. The molecule has 4 nitrogen and oxygen atoms in total. The number of hydrogen-bond donors (Lipinski definition) is 2. The maximum Gasteiger partial charge on any atom is 0.414 e. The summed E-state index contributed by atoms with van der Waals surface area (Å²) in [5.74, 6) is 0. The van der Waals surface area contributed by atoms with Gasteiger partial charge in [0.15, 0.2) is 6.61 Å². The molecule has 0 aromatic heterocycles. The maximum atomic E-state index is 11.7. The molecule has 0 aliphatic carbocycles. The van der Waals surface area contributed by atoms with Crippen molar-refractivity contribution in [1.29, 1.82) is 0 Å². The predicted octanol–water partition coefficient (Wildman–Crippen LogP) is 2.96. The van der Waals surface area contributed by atoms with Crippen LogP contribution in [-0.2, 0) is 4.84 Å². The standard InChI is InChI=1S/C9H8ClF3N2O2/c10-6-1-3-7(4-2-6)14-8(16)15-17-5-9(11,12)13/h1-4H,5H2,(H2,14,15,16). The summed E-state index contributed by atoms with van der Waals surface area (Å²) >= 11 is 5.60. The second kappa shape index (κ2) is 5.74. The molecule has 1 aromatic carbocycles. The van der Waals surface area contributed by atoms with E-state index in [0.29, 0.717) is 10.7 Å². The minimum absolute atomic E-state index is 0.377. The molecule has 2 amide bonds. The molecule has 94 valence electrons. The van der Waals surface area contributed by atoms with E-state index in [1.165, 1.54) is 24.3 Å². The zero-order valence-corrected chi connectivity index (χ0v) is 9.10. The fraction of sp³-hybridized carbons (Fsp3) is 0.222. The molecule has 0 radical (unpaired) electrons. The van der Waals surface area contributed by atoms with Gasteiger partial charge in [-0.3, -0.25) is 4.84 Å². The van der Waals surface area contributed by atoms with Gasteiger partial charge in [-0.25, -0.2) is 10.3 Å². The highest BCUT2D eigenvalue weighted by molar-refractivity contribution is 6.30. The van der Waals surface area contributed by atoms with Gasteiger partial charge in [0, 0.05) is 10.7 Å². The van der Waals surface area contributed by atoms with E-state index in [9.17, 15) is 18.0 Å². The zero-order chi connectivity index (χ0) is 12.9. The molecule has 0 bridgehead atoms. The number of urea groups is 1. The van der Waals surface area contributed by atoms with E-state index in [1.54, 1.807) is 5.48 Å². The van der Waals surface area contributed by atoms with Crippen molar-refractivity contribution in [1.82, 2.24) is 5.48 Å². The quantitative estimate of drug-likeness (QED) is 0.828. The van der Waals surface area contributed by atoms with Crippen LogP contribution in [0.25, 0.3) is 0 Å². The number of halogens is 4. The SMILES string of the molecule is O=C(NOCC(F)(F)F)Nc1ccc(Cl)cc1. The minimum atomic E-state index is -4.49. The predicted molar refractivity (Wildman–Crippen MR) is 55.6 cm³/mol. The van der Waals surface area contributed by atoms with E-state index in [2.05, 4.69) is 10.2 Å². The van der Waals surface area contributed by atoms with Crippen molar-refractivity contribution in [3.8, 4) is 0 Å². The number of hydroxylamine groups is 1. The number of carbonyl (C=O) groups is 1. The number of amides is 2. The highest BCUT2D eigenvalue weighted by Crippen LogP contribution is 2.14. The molecule has 0 heterocycles. The Hall–Kier alpha value is -1.47. The van der Waals surface area contributed by atoms with Gasteiger partial charge in [0.05, 0.1) is 0 Å². The molecule has 0 saturated carbocycles. The van der Waals surface area contributed by atoms with Gasteiger partial charge in [0.1, 0.15) is 0 Å². The van der Waals surface area contributed by atoms with Crippen LogP contribution in [0.5, 0.6) is 0 Å². The molecular weight excluding hydrogens is 261 g/mol. The molecule has 1 rings (SSSR count). The lowest BCUT2D eigenvalue weighted by Gasteiger charge is -2.09. The average Bonchev–Trinajstić information content (AvgIpc) is 2.19. The van der Waals surface area contributed by atoms with Gasteiger partial charge < -0.3 is 5.32 Å². The van der Waals surface area contributed by atoms with Crippen molar-refractivity contribution in [2.75, 3.05) is 11.9 Å². The first kappa shape index (κ1) is 13.6. The van der Waals surface area contributed by atoms with E-state index in [-0.39, 0.29) is 0 Å². The van der Waals surface area contributed by atoms with Gasteiger partial charge in [-0.1, -0.05) is 11.6 Å². The van der Waals surface area contributed by atoms with Gasteiger partial charge >= 0.3 is 12.2 Å². The van der Waals surface area contributed by atoms with Crippen molar-refractivity contribution in [3.05, 3.63) is 29.3 Å². The number of benzene rings is 1. The second-order valence-corrected chi connectivity index (χ2v) is 3.40. The molecule has 2 N–H and O–H groups in total. The maximum absolute atomic E-state index is 11.7. The highest BCUT2D eigenvalue weighted by Gasteiger charge is 2.28. The van der Waals surface area contributed by atoms with Crippen LogP contribution in [0.1, 0.15) is 0 Å². The fourth-order valence-corrected chi connectivity index (χ4v) is 0.999. The summed E-state index contributed by atoms with van der Waals surface area (Å²) in [7, 11) is 0. The summed E-state index contributed by atoms with van der Waals surface area (Å²) in [6.07, 6.45) is -4.49. The largest absolute Gasteiger partial charge is 0.414 e. The molecule has 0 atom stereocenters. The van der Waals surface area contributed by atoms with Crippen molar-refractivity contribution in [3.63, 3.8) is 0 Å². The Labute approximate surface area is 99.7 Å². The molecule has 8 heteroatoms. The van der Waals surface area contributed by atoms with E-state index >= 15 is 0 Å². The van der Waals surface area contributed by atoms with E-state index in [4.69, 9.17) is 11.6 Å². The number of hydrogen-bond acceptors (Lipinski definition) is 2. The summed E-state index contributed by atoms with van der Waals surface area (Å²) < 4.78 is 35.0. The summed E-state index contributed by atoms with van der Waals surface area (Å²) in [5, 5.41) is 2.73. The first-order chi connectivity index (χ1) is 7.87. The van der Waals surface area contributed by atoms with Crippen molar-refractivity contribution >= 4 is 23.3 Å². The number of alkyl halides is 3. The monoisotopic (exact) mass is 268 g/mol. The fourth-order valence-electron chi connectivity index (χ4n) is 0.873. The second-order valence-electron chi connectivity index (χ2n) is 2.97. The van der Waals surface area contributed by atoms with E-state index < -0.39 is 18.8 Å². The molecule has 0 unspecified atom stereocenters. The molecule has 0 saturated heterocycles. The molecular formula is C9H8ClF3N2O2. The Bertz CT molecular complexity index is 381. The van der Waals surface area contributed by atoms with Crippen LogP contribution in [0.15, 0.2) is 24.3 Å². The summed E-state index contributed by atoms with van der Waals surface area (Å²) in [4.78, 5) is 15.0. The Kier molecular flexibility index (Phi) is 4.59. The van der Waals surface area contributed by atoms with Crippen LogP contribution in [0, 0.1) is 0 Å². The topological polar surface area (TPSA) is 50.4 Å². The number of nitrogens with one attached hydrogen (secondary N) is 2. The normalized spacial score (nSPS) is 11.1. The van der Waals surface area contributed by atoms with Crippen molar-refractivity contribution in [2.45, 2.75) is 6.18 Å². The summed E-state index contributed by atoms with van der Waals surface area (Å²) in [6, 6.07) is 5.12. The van der Waals surface area contributed by atoms with Crippen molar-refractivity contribution in [2.24, 2.45) is 0 Å². The van der Waals surface area contributed by atoms with E-state index in [0.717, 1.165) is 0 Å². The number of carbonyl (C=O) groups excluding carboxylic acids is 1. The molecule has 0 spiro atoms. The first-order valence-corrected chi connectivity index (χ1v) is 4.76. The molecule has 1 aromatic rings. The third-order valence-corrected chi connectivity index (χ3v) is 1.75. The first-order valence-electron chi connectivity index (χ1n) is 4.38. The van der Waals surface area contributed by atoms with Crippen LogP contribution in [0.2, 0.25) is 5.02 Å². The van der Waals surface area contributed by atoms with Crippen LogP contribution in [0.3, 0.4) is 0 Å². The summed E-state index contributed by atoms with van der Waals surface area (Å²) in [6.45, 7) is -1.55. The van der Waals surface area contributed by atoms with Gasteiger partial charge in [0.2, 0.25) is 0 Å². The highest BCUT2D eigenvalue weighted by atomic mass is 35.5. The lowest BCUT2D eigenvalue weighted by molar-refractivity contribution is -0.183. The number of anilines is 1. The van der Waals surface area contributed by atoms with Crippen LogP contribution >= 0.6 is 11.6 Å². The van der Waals surface area contributed by atoms with Crippen LogP contribution in [-0.4, -0.2) is 18.8 Å². The lowest BCUT2D eigenvalue weighted by atomic mass is 10.3. The summed E-state index contributed by atoms with van der Waals surface area (Å²) in [5.41, 5.74) is 1.98. The average molecular weight is 269 g/mol. The molecule has 17 heavy (non-hydrogen) atoms. The van der Waals surface area contributed by atoms with Gasteiger partial charge in [-0.2, -0.15) is 13.2 Å². The zero-order valence-electron chi connectivity index (χ0n) is 8.34. The van der Waals surface area contributed by atoms with Gasteiger partial charge in [0.25, 0.3) is 0 Å². The Morgan fingerprint density at radius 3 is 2.41 bits per heavy atom. The van der Waals surface area contributed by atoms with Crippen LogP contribution < -0.4 is 10.8 Å². The third kappa shape index (κ3) is 5.98. The van der Waals surface area contributed by atoms with Gasteiger partial charge in [-0.15, -0.1) is 0 Å². The Morgan fingerprint density at radius 2 is 1.88 bits per heavy atom.